The van der Waals surface area contributed by atoms with Crippen LogP contribution in [0, 0.1) is 0 Å². The second-order valence-electron chi connectivity index (χ2n) is 29.3. The van der Waals surface area contributed by atoms with Crippen molar-refractivity contribution in [3.8, 4) is 0 Å². The molecule has 92 heavy (non-hydrogen) atoms. The van der Waals surface area contributed by atoms with Crippen LogP contribution in [0.2, 0.25) is 0 Å². The van der Waals surface area contributed by atoms with Gasteiger partial charge in [0.2, 0.25) is 17.7 Å². The number of piperazine rings is 1. The third kappa shape index (κ3) is 57.3. The Labute approximate surface area is 576 Å². The van der Waals surface area contributed by atoms with Crippen LogP contribution in [0.4, 0.5) is 0 Å². The molecule has 0 bridgehead atoms. The van der Waals surface area contributed by atoms with Gasteiger partial charge in [-0.1, -0.05) is 292 Å². The van der Waals surface area contributed by atoms with E-state index in [0.717, 1.165) is 90.9 Å². The maximum absolute atomic E-state index is 13.5. The predicted octanol–water partition coefficient (Wildman–Crippen LogP) is 21.9. The van der Waals surface area contributed by atoms with E-state index in [1.165, 1.54) is 380 Å². The lowest BCUT2D eigenvalue weighted by atomic mass is 10.1. The normalized spacial score (nSPS) is 13.1. The summed E-state index contributed by atoms with van der Waals surface area (Å²) in [6.07, 6.45) is 69.1. The summed E-state index contributed by atoms with van der Waals surface area (Å²) >= 11 is 0. The number of nitrogens with zero attached hydrogens (tertiary/aromatic N) is 6. The number of hydrogen-bond acceptors (Lipinski definition) is 7. The molecule has 3 amide bonds. The fourth-order valence-electron chi connectivity index (χ4n) is 14.0. The van der Waals surface area contributed by atoms with Crippen molar-refractivity contribution < 1.29 is 14.4 Å². The molecule has 546 valence electrons. The lowest BCUT2D eigenvalue weighted by Crippen LogP contribution is -2.47. The Bertz CT molecular complexity index is 1420. The number of nitrogens with one attached hydrogen (secondary N) is 1. The van der Waals surface area contributed by atoms with Gasteiger partial charge in [-0.2, -0.15) is 0 Å². The molecule has 1 fully saturated rings. The zero-order valence-corrected chi connectivity index (χ0v) is 63.5. The van der Waals surface area contributed by atoms with Crippen molar-refractivity contribution >= 4 is 17.7 Å². The minimum Gasteiger partial charge on any atom is -0.343 e. The lowest BCUT2D eigenvalue weighted by molar-refractivity contribution is -0.132. The minimum atomic E-state index is 0.416. The monoisotopic (exact) mass is 1300 g/mol. The quantitative estimate of drug-likeness (QED) is 0.0608. The summed E-state index contributed by atoms with van der Waals surface area (Å²) in [7, 11) is 0. The maximum Gasteiger partial charge on any atom is 0.222 e. The van der Waals surface area contributed by atoms with Gasteiger partial charge in [0.05, 0.1) is 0 Å². The molecule has 0 aromatic carbocycles. The summed E-state index contributed by atoms with van der Waals surface area (Å²) in [5.41, 5.74) is 0. The van der Waals surface area contributed by atoms with Gasteiger partial charge in [-0.05, 0) is 136 Å². The second-order valence-corrected chi connectivity index (χ2v) is 29.3. The summed E-state index contributed by atoms with van der Waals surface area (Å²) in [4.78, 5) is 55.4. The fraction of sp³-hybridized carbons (Fsp3) is 0.963. The van der Waals surface area contributed by atoms with Crippen molar-refractivity contribution in [3.05, 3.63) is 0 Å². The molecule has 0 spiro atoms. The van der Waals surface area contributed by atoms with E-state index in [1.807, 2.05) is 0 Å². The van der Waals surface area contributed by atoms with Gasteiger partial charge < -0.3 is 34.7 Å². The van der Waals surface area contributed by atoms with Gasteiger partial charge in [0.25, 0.3) is 0 Å². The van der Waals surface area contributed by atoms with E-state index in [0.29, 0.717) is 17.7 Å². The van der Waals surface area contributed by atoms with Crippen molar-refractivity contribution in [2.75, 3.05) is 111 Å². The zero-order valence-electron chi connectivity index (χ0n) is 63.5. The summed E-state index contributed by atoms with van der Waals surface area (Å²) in [5, 5.41) is 3.75. The largest absolute Gasteiger partial charge is 0.343 e. The Morgan fingerprint density at radius 1 is 0.239 bits per heavy atom. The Morgan fingerprint density at radius 3 is 0.728 bits per heavy atom. The molecule has 1 heterocycles. The average Bonchev–Trinajstić information content (AvgIpc) is 3.69. The first-order chi connectivity index (χ1) is 45.3. The molecule has 1 saturated heterocycles. The maximum atomic E-state index is 13.5. The standard InChI is InChI=1S/C82H165N7O3/c1-7-13-19-25-40-52-70-87(71-53-41-26-20-14-8-2)80(90)60-46-34-31-37-49-63-83-64-58-67-85-76-78-86(79-77-85)69-59-68-84(65-50-38-32-35-47-61-81(91)88(72-54-42-27-21-15-9-3)73-55-43-28-22-16-10-4)66-51-39-33-36-48-62-82(92)89(74-56-44-29-23-17-11-5)75-57-45-30-24-18-12-6/h83H,7-79H2,1-6H3. The van der Waals surface area contributed by atoms with Crippen LogP contribution in [0.3, 0.4) is 0 Å². The number of unbranched alkanes of at least 4 members (excludes halogenated alkanes) is 42. The summed E-state index contributed by atoms with van der Waals surface area (Å²) < 4.78 is 0. The van der Waals surface area contributed by atoms with Gasteiger partial charge in [0, 0.05) is 84.7 Å². The van der Waals surface area contributed by atoms with Crippen LogP contribution in [-0.4, -0.2) is 158 Å². The molecule has 0 aliphatic carbocycles. The Morgan fingerprint density at radius 2 is 0.446 bits per heavy atom. The SMILES string of the molecule is CCCCCCCCN(CCCCCCCC)C(=O)CCCCCCCNCCCN1CCN(CCCN(CCCCCCCC(=O)N(CCCCCCCC)CCCCCCCC)CCCCCCCC(=O)N(CCCCCCCC)CCCCCCCC)CC1. The van der Waals surface area contributed by atoms with Gasteiger partial charge in [-0.25, -0.2) is 0 Å². The first kappa shape index (κ1) is 88.3. The van der Waals surface area contributed by atoms with Crippen LogP contribution < -0.4 is 5.32 Å². The number of rotatable bonds is 74. The summed E-state index contributed by atoms with van der Waals surface area (Å²) in [6, 6.07) is 0. The molecule has 10 heteroatoms. The van der Waals surface area contributed by atoms with E-state index in [1.54, 1.807) is 0 Å². The average molecular weight is 1300 g/mol. The highest BCUT2D eigenvalue weighted by Gasteiger charge is 2.19. The first-order valence-electron chi connectivity index (χ1n) is 42.0. The molecular formula is C82H165N7O3. The van der Waals surface area contributed by atoms with Gasteiger partial charge in [0.15, 0.2) is 0 Å². The molecule has 0 radical (unpaired) electrons. The molecular weight excluding hydrogens is 1130 g/mol. The number of carbonyl (C=O) groups excluding carboxylic acids is 3. The minimum absolute atomic E-state index is 0.416. The van der Waals surface area contributed by atoms with Crippen LogP contribution in [-0.2, 0) is 14.4 Å². The highest BCUT2D eigenvalue weighted by Crippen LogP contribution is 2.18. The third-order valence-electron chi connectivity index (χ3n) is 20.5. The molecule has 1 aliphatic rings. The van der Waals surface area contributed by atoms with E-state index in [9.17, 15) is 14.4 Å². The Balaban J connectivity index is 2.55. The molecule has 10 nitrogen and oxygen atoms in total. The van der Waals surface area contributed by atoms with E-state index in [4.69, 9.17) is 0 Å². The number of carbonyl (C=O) groups is 3. The highest BCUT2D eigenvalue weighted by atomic mass is 16.2. The molecule has 0 aromatic heterocycles. The predicted molar refractivity (Wildman–Crippen MR) is 405 cm³/mol. The van der Waals surface area contributed by atoms with Crippen LogP contribution in [0.5, 0.6) is 0 Å². The topological polar surface area (TPSA) is 82.7 Å². The van der Waals surface area contributed by atoms with Gasteiger partial charge >= 0.3 is 0 Å². The van der Waals surface area contributed by atoms with Crippen molar-refractivity contribution in [3.63, 3.8) is 0 Å². The lowest BCUT2D eigenvalue weighted by Gasteiger charge is -2.35. The smallest absolute Gasteiger partial charge is 0.222 e. The van der Waals surface area contributed by atoms with Crippen molar-refractivity contribution in [2.45, 2.75) is 401 Å². The first-order valence-corrected chi connectivity index (χ1v) is 42.0. The molecule has 0 saturated carbocycles. The number of amides is 3. The molecule has 0 atom stereocenters. The Kier molecular flexibility index (Phi) is 67.7. The van der Waals surface area contributed by atoms with E-state index in [2.05, 4.69) is 76.3 Å². The molecule has 0 aromatic rings. The van der Waals surface area contributed by atoms with E-state index < -0.39 is 0 Å². The van der Waals surface area contributed by atoms with Crippen LogP contribution in [0.1, 0.15) is 401 Å². The zero-order chi connectivity index (χ0) is 66.5. The molecule has 1 rings (SSSR count). The summed E-state index contributed by atoms with van der Waals surface area (Å²) in [6.45, 7) is 32.6. The van der Waals surface area contributed by atoms with Crippen molar-refractivity contribution in [1.82, 2.24) is 34.7 Å². The third-order valence-corrected chi connectivity index (χ3v) is 20.5. The molecule has 0 unspecified atom stereocenters. The number of hydrogen-bond donors (Lipinski definition) is 1. The highest BCUT2D eigenvalue weighted by molar-refractivity contribution is 5.77. The van der Waals surface area contributed by atoms with Gasteiger partial charge in [-0.3, -0.25) is 14.4 Å². The van der Waals surface area contributed by atoms with Gasteiger partial charge in [0.1, 0.15) is 0 Å². The Hall–Kier alpha value is -1.75. The van der Waals surface area contributed by atoms with Crippen LogP contribution in [0.25, 0.3) is 0 Å². The van der Waals surface area contributed by atoms with E-state index >= 15 is 0 Å². The van der Waals surface area contributed by atoms with Crippen molar-refractivity contribution in [1.29, 1.82) is 0 Å². The van der Waals surface area contributed by atoms with Crippen LogP contribution in [0.15, 0.2) is 0 Å². The fourth-order valence-corrected chi connectivity index (χ4v) is 14.0. The van der Waals surface area contributed by atoms with E-state index in [-0.39, 0.29) is 0 Å². The second kappa shape index (κ2) is 70.6. The molecule has 1 N–H and O–H groups in total. The van der Waals surface area contributed by atoms with Gasteiger partial charge in [-0.15, -0.1) is 0 Å². The molecule has 1 aliphatic heterocycles. The summed E-state index contributed by atoms with van der Waals surface area (Å²) in [5.74, 6) is 1.25. The van der Waals surface area contributed by atoms with Crippen molar-refractivity contribution in [2.24, 2.45) is 0 Å². The van der Waals surface area contributed by atoms with Crippen LogP contribution >= 0.6 is 0 Å².